The van der Waals surface area contributed by atoms with Gasteiger partial charge in [-0.3, -0.25) is 14.7 Å². The normalized spacial score (nSPS) is 12.6. The lowest BCUT2D eigenvalue weighted by Gasteiger charge is -2.14. The average Bonchev–Trinajstić information content (AvgIpc) is 2.85. The highest BCUT2D eigenvalue weighted by atomic mass is 16.2. The van der Waals surface area contributed by atoms with Gasteiger partial charge in [0.1, 0.15) is 11.9 Å². The molecule has 0 bridgehead atoms. The van der Waals surface area contributed by atoms with Crippen LogP contribution in [-0.4, -0.2) is 39.6 Å². The van der Waals surface area contributed by atoms with Gasteiger partial charge in [-0.05, 0) is 12.8 Å². The second-order valence-corrected chi connectivity index (χ2v) is 5.53. The van der Waals surface area contributed by atoms with Crippen LogP contribution >= 0.6 is 0 Å². The summed E-state index contributed by atoms with van der Waals surface area (Å²) in [6, 6.07) is -0.623. The third-order valence-corrected chi connectivity index (χ3v) is 2.68. The maximum atomic E-state index is 11.9. The van der Waals surface area contributed by atoms with E-state index in [-0.39, 0.29) is 17.6 Å². The van der Waals surface area contributed by atoms with Gasteiger partial charge in [-0.1, -0.05) is 27.7 Å². The fraction of sp³-hybridized carbons (Fsp3) is 0.692. The second kappa shape index (κ2) is 7.02. The molecule has 0 radical (unpaired) electrons. The van der Waals surface area contributed by atoms with Crippen LogP contribution in [-0.2, 0) is 4.79 Å². The molecule has 3 N–H and O–H groups in total. The van der Waals surface area contributed by atoms with E-state index in [0.717, 1.165) is 0 Å². The molecule has 0 spiro atoms. The lowest BCUT2D eigenvalue weighted by Crippen LogP contribution is -2.45. The summed E-state index contributed by atoms with van der Waals surface area (Å²) in [5.41, 5.74) is 0. The summed E-state index contributed by atoms with van der Waals surface area (Å²) in [4.78, 5) is 27.7. The summed E-state index contributed by atoms with van der Waals surface area (Å²) in [7, 11) is 0. The number of carbonyl (C=O) groups is 2. The van der Waals surface area contributed by atoms with Crippen LogP contribution in [0.5, 0.6) is 0 Å². The van der Waals surface area contributed by atoms with Crippen molar-refractivity contribution >= 4 is 11.8 Å². The first kappa shape index (κ1) is 16.1. The molecule has 1 rings (SSSR count). The standard InChI is InChI=1S/C13H23N5O2/c1-7(2)6-14-12(19)9(5)15-13(20)11-16-10(8(3)4)17-18-11/h7-9H,6H2,1-5H3,(H,14,19)(H,15,20)(H,16,17,18). The summed E-state index contributed by atoms with van der Waals surface area (Å²) >= 11 is 0. The van der Waals surface area contributed by atoms with E-state index in [0.29, 0.717) is 18.3 Å². The first-order valence-corrected chi connectivity index (χ1v) is 6.82. The lowest BCUT2D eigenvalue weighted by molar-refractivity contribution is -0.122. The number of rotatable bonds is 6. The van der Waals surface area contributed by atoms with Crippen LogP contribution in [0.2, 0.25) is 0 Å². The molecule has 2 amide bonds. The van der Waals surface area contributed by atoms with Crippen molar-refractivity contribution in [2.24, 2.45) is 5.92 Å². The molecule has 7 nitrogen and oxygen atoms in total. The molecule has 7 heteroatoms. The van der Waals surface area contributed by atoms with Crippen molar-refractivity contribution in [2.75, 3.05) is 6.54 Å². The Labute approximate surface area is 118 Å². The molecule has 112 valence electrons. The van der Waals surface area contributed by atoms with Crippen molar-refractivity contribution in [3.8, 4) is 0 Å². The van der Waals surface area contributed by atoms with Gasteiger partial charge in [0.2, 0.25) is 11.7 Å². The van der Waals surface area contributed by atoms with Gasteiger partial charge >= 0.3 is 0 Å². The summed E-state index contributed by atoms with van der Waals surface area (Å²) < 4.78 is 0. The Hall–Kier alpha value is -1.92. The number of H-pyrrole nitrogens is 1. The Morgan fingerprint density at radius 2 is 1.85 bits per heavy atom. The summed E-state index contributed by atoms with van der Waals surface area (Å²) in [6.07, 6.45) is 0. The van der Waals surface area contributed by atoms with Gasteiger partial charge in [-0.2, -0.15) is 0 Å². The van der Waals surface area contributed by atoms with Crippen molar-refractivity contribution in [3.05, 3.63) is 11.6 Å². The third kappa shape index (κ3) is 4.64. The molecular weight excluding hydrogens is 258 g/mol. The third-order valence-electron chi connectivity index (χ3n) is 2.68. The molecule has 0 saturated carbocycles. The molecule has 0 aliphatic rings. The van der Waals surface area contributed by atoms with E-state index < -0.39 is 11.9 Å². The second-order valence-electron chi connectivity index (χ2n) is 5.53. The fourth-order valence-electron chi connectivity index (χ4n) is 1.42. The minimum atomic E-state index is -0.623. The average molecular weight is 281 g/mol. The van der Waals surface area contributed by atoms with Gasteiger partial charge < -0.3 is 10.6 Å². The largest absolute Gasteiger partial charge is 0.354 e. The van der Waals surface area contributed by atoms with Gasteiger partial charge in [0.15, 0.2) is 0 Å². The highest BCUT2D eigenvalue weighted by Gasteiger charge is 2.19. The van der Waals surface area contributed by atoms with Crippen LogP contribution in [0, 0.1) is 5.92 Å². The van der Waals surface area contributed by atoms with Crippen LogP contribution < -0.4 is 10.6 Å². The molecular formula is C13H23N5O2. The molecule has 1 aromatic heterocycles. The number of nitrogens with one attached hydrogen (secondary N) is 3. The van der Waals surface area contributed by atoms with Crippen LogP contribution in [0.1, 0.15) is 57.0 Å². The first-order valence-electron chi connectivity index (χ1n) is 6.82. The number of hydrogen-bond acceptors (Lipinski definition) is 4. The highest BCUT2D eigenvalue weighted by Crippen LogP contribution is 2.07. The molecule has 20 heavy (non-hydrogen) atoms. The molecule has 0 saturated heterocycles. The Bertz CT molecular complexity index is 467. The maximum absolute atomic E-state index is 11.9. The zero-order valence-corrected chi connectivity index (χ0v) is 12.7. The fourth-order valence-corrected chi connectivity index (χ4v) is 1.42. The Morgan fingerprint density at radius 3 is 2.35 bits per heavy atom. The molecule has 1 atom stereocenters. The molecule has 1 unspecified atom stereocenters. The van der Waals surface area contributed by atoms with Gasteiger partial charge in [-0.15, -0.1) is 5.10 Å². The van der Waals surface area contributed by atoms with Crippen LogP contribution in [0.4, 0.5) is 0 Å². The van der Waals surface area contributed by atoms with Crippen molar-refractivity contribution in [3.63, 3.8) is 0 Å². The number of carbonyl (C=O) groups excluding carboxylic acids is 2. The minimum absolute atomic E-state index is 0.0530. The summed E-state index contributed by atoms with van der Waals surface area (Å²) in [5, 5.41) is 11.9. The van der Waals surface area contributed by atoms with E-state index in [1.54, 1.807) is 6.92 Å². The number of hydrogen-bond donors (Lipinski definition) is 3. The van der Waals surface area contributed by atoms with E-state index in [1.165, 1.54) is 0 Å². The quantitative estimate of drug-likeness (QED) is 0.718. The van der Waals surface area contributed by atoms with E-state index in [4.69, 9.17) is 0 Å². The van der Waals surface area contributed by atoms with Gasteiger partial charge in [0.25, 0.3) is 5.91 Å². The molecule has 0 aliphatic carbocycles. The van der Waals surface area contributed by atoms with Gasteiger partial charge in [0.05, 0.1) is 0 Å². The van der Waals surface area contributed by atoms with E-state index in [9.17, 15) is 9.59 Å². The molecule has 0 aliphatic heterocycles. The van der Waals surface area contributed by atoms with E-state index in [1.807, 2.05) is 27.7 Å². The Kier molecular flexibility index (Phi) is 5.66. The zero-order chi connectivity index (χ0) is 15.3. The summed E-state index contributed by atoms with van der Waals surface area (Å²) in [5.74, 6) is 0.551. The smallest absolute Gasteiger partial charge is 0.291 e. The Balaban J connectivity index is 2.54. The van der Waals surface area contributed by atoms with Crippen molar-refractivity contribution in [1.29, 1.82) is 0 Å². The zero-order valence-electron chi connectivity index (χ0n) is 12.7. The van der Waals surface area contributed by atoms with Crippen molar-refractivity contribution in [1.82, 2.24) is 25.8 Å². The number of amides is 2. The van der Waals surface area contributed by atoms with Crippen LogP contribution in [0.25, 0.3) is 0 Å². The predicted molar refractivity (Wildman–Crippen MR) is 75.2 cm³/mol. The minimum Gasteiger partial charge on any atom is -0.354 e. The topological polar surface area (TPSA) is 99.8 Å². The summed E-state index contributed by atoms with van der Waals surface area (Å²) in [6.45, 7) is 10.1. The van der Waals surface area contributed by atoms with E-state index in [2.05, 4.69) is 25.8 Å². The maximum Gasteiger partial charge on any atom is 0.291 e. The molecule has 1 aromatic rings. The van der Waals surface area contributed by atoms with Crippen LogP contribution in [0.15, 0.2) is 0 Å². The van der Waals surface area contributed by atoms with Gasteiger partial charge in [-0.25, -0.2) is 4.98 Å². The van der Waals surface area contributed by atoms with Crippen LogP contribution in [0.3, 0.4) is 0 Å². The Morgan fingerprint density at radius 1 is 1.20 bits per heavy atom. The molecule has 0 aromatic carbocycles. The number of nitrogens with zero attached hydrogens (tertiary/aromatic N) is 2. The first-order chi connectivity index (χ1) is 9.31. The monoisotopic (exact) mass is 281 g/mol. The van der Waals surface area contributed by atoms with Crippen molar-refractivity contribution < 1.29 is 9.59 Å². The predicted octanol–water partition coefficient (Wildman–Crippen LogP) is 0.819. The molecule has 1 heterocycles. The van der Waals surface area contributed by atoms with Crippen molar-refractivity contribution in [2.45, 2.75) is 46.6 Å². The lowest BCUT2D eigenvalue weighted by atomic mass is 10.2. The van der Waals surface area contributed by atoms with E-state index >= 15 is 0 Å². The molecule has 0 fully saturated rings. The highest BCUT2D eigenvalue weighted by molar-refractivity contribution is 5.94. The van der Waals surface area contributed by atoms with Gasteiger partial charge in [0, 0.05) is 12.5 Å². The number of aromatic nitrogens is 3. The SMILES string of the molecule is CC(C)CNC(=O)C(C)NC(=O)c1n[nH]c(C(C)C)n1. The number of aromatic amines is 1.